The minimum atomic E-state index is -0.877. The van der Waals surface area contributed by atoms with Gasteiger partial charge in [0.2, 0.25) is 0 Å². The summed E-state index contributed by atoms with van der Waals surface area (Å²) in [7, 11) is 3.09. The predicted molar refractivity (Wildman–Crippen MR) is 138 cm³/mol. The van der Waals surface area contributed by atoms with Gasteiger partial charge in [0.25, 0.3) is 11.7 Å². The number of nitrogens with zero attached hydrogens (tertiary/aromatic N) is 1. The molecule has 7 heteroatoms. The molecule has 1 N–H and O–H groups in total. The van der Waals surface area contributed by atoms with Gasteiger partial charge in [-0.25, -0.2) is 0 Å². The van der Waals surface area contributed by atoms with Gasteiger partial charge in [-0.1, -0.05) is 18.2 Å². The van der Waals surface area contributed by atoms with E-state index in [0.717, 1.165) is 11.1 Å². The Morgan fingerprint density at radius 1 is 0.917 bits per heavy atom. The van der Waals surface area contributed by atoms with Gasteiger partial charge in [0.15, 0.2) is 11.5 Å². The van der Waals surface area contributed by atoms with E-state index in [9.17, 15) is 14.7 Å². The number of aliphatic hydroxyl groups excluding tert-OH is 1. The molecule has 0 aromatic heterocycles. The quantitative estimate of drug-likeness (QED) is 0.275. The Morgan fingerprint density at radius 3 is 2.28 bits per heavy atom. The molecule has 186 valence electrons. The van der Waals surface area contributed by atoms with Crippen LogP contribution in [0, 0.1) is 13.8 Å². The van der Waals surface area contributed by atoms with E-state index < -0.39 is 17.7 Å². The number of aryl methyl sites for hydroxylation is 2. The first-order chi connectivity index (χ1) is 17.3. The Balaban J connectivity index is 1.98. The number of methoxy groups -OCH3 is 2. The van der Waals surface area contributed by atoms with Gasteiger partial charge in [0.05, 0.1) is 32.4 Å². The zero-order valence-electron chi connectivity index (χ0n) is 21.0. The monoisotopic (exact) mass is 487 g/mol. The maximum atomic E-state index is 13.5. The van der Waals surface area contributed by atoms with Crippen molar-refractivity contribution in [2.24, 2.45) is 0 Å². The van der Waals surface area contributed by atoms with Crippen LogP contribution in [0.3, 0.4) is 0 Å². The molecule has 0 aliphatic carbocycles. The van der Waals surface area contributed by atoms with Gasteiger partial charge < -0.3 is 19.3 Å². The predicted octanol–water partition coefficient (Wildman–Crippen LogP) is 5.35. The highest BCUT2D eigenvalue weighted by atomic mass is 16.5. The Hall–Kier alpha value is -4.26. The van der Waals surface area contributed by atoms with Gasteiger partial charge in [-0.3, -0.25) is 14.5 Å². The Morgan fingerprint density at radius 2 is 1.64 bits per heavy atom. The van der Waals surface area contributed by atoms with Crippen molar-refractivity contribution in [1.82, 2.24) is 0 Å². The smallest absolute Gasteiger partial charge is 0.300 e. The lowest BCUT2D eigenvalue weighted by Gasteiger charge is -2.27. The SMILES string of the molecule is CCOc1cc(C2/C(=C(/O)c3ccc(OC)cc3)C(=O)C(=O)N2c2cc(C)ccc2C)ccc1OC. The van der Waals surface area contributed by atoms with Gasteiger partial charge in [-0.15, -0.1) is 0 Å². The van der Waals surface area contributed by atoms with E-state index in [1.54, 1.807) is 56.7 Å². The Kier molecular flexibility index (Phi) is 7.01. The molecule has 1 amide bonds. The van der Waals surface area contributed by atoms with Crippen LogP contribution in [0.25, 0.3) is 5.76 Å². The van der Waals surface area contributed by atoms with Crippen molar-refractivity contribution in [2.45, 2.75) is 26.8 Å². The van der Waals surface area contributed by atoms with Gasteiger partial charge in [-0.05, 0) is 79.9 Å². The number of carbonyl (C=O) groups excluding carboxylic acids is 2. The molecule has 4 rings (SSSR count). The summed E-state index contributed by atoms with van der Waals surface area (Å²) < 4.78 is 16.4. The van der Waals surface area contributed by atoms with E-state index in [4.69, 9.17) is 14.2 Å². The van der Waals surface area contributed by atoms with E-state index in [1.165, 1.54) is 4.90 Å². The van der Waals surface area contributed by atoms with E-state index in [-0.39, 0.29) is 11.3 Å². The second-order valence-corrected chi connectivity index (χ2v) is 8.53. The van der Waals surface area contributed by atoms with Crippen molar-refractivity contribution in [3.8, 4) is 17.2 Å². The van der Waals surface area contributed by atoms with Crippen molar-refractivity contribution >= 4 is 23.1 Å². The largest absolute Gasteiger partial charge is 0.507 e. The first-order valence-electron chi connectivity index (χ1n) is 11.6. The zero-order chi connectivity index (χ0) is 26.0. The van der Waals surface area contributed by atoms with E-state index in [1.807, 2.05) is 39.0 Å². The summed E-state index contributed by atoms with van der Waals surface area (Å²) in [6, 6.07) is 16.8. The summed E-state index contributed by atoms with van der Waals surface area (Å²) in [6.45, 7) is 6.07. The van der Waals surface area contributed by atoms with Gasteiger partial charge in [0, 0.05) is 11.3 Å². The summed E-state index contributed by atoms with van der Waals surface area (Å²) in [5, 5.41) is 11.3. The maximum absolute atomic E-state index is 13.5. The molecule has 1 unspecified atom stereocenters. The lowest BCUT2D eigenvalue weighted by Crippen LogP contribution is -2.30. The highest BCUT2D eigenvalue weighted by Crippen LogP contribution is 2.45. The van der Waals surface area contributed by atoms with Crippen molar-refractivity contribution in [3.05, 3.63) is 88.5 Å². The molecule has 3 aromatic rings. The van der Waals surface area contributed by atoms with Crippen LogP contribution in [0.1, 0.15) is 35.2 Å². The molecule has 0 radical (unpaired) electrons. The summed E-state index contributed by atoms with van der Waals surface area (Å²) in [6.07, 6.45) is 0. The molecular formula is C29H29NO6. The number of ketones is 1. The minimum Gasteiger partial charge on any atom is -0.507 e. The fourth-order valence-corrected chi connectivity index (χ4v) is 4.41. The number of ether oxygens (including phenoxy) is 3. The summed E-state index contributed by atoms with van der Waals surface area (Å²) in [5.74, 6) is -0.119. The molecule has 3 aromatic carbocycles. The van der Waals surface area contributed by atoms with Crippen molar-refractivity contribution in [1.29, 1.82) is 0 Å². The summed E-state index contributed by atoms with van der Waals surface area (Å²) in [4.78, 5) is 28.4. The average molecular weight is 488 g/mol. The van der Waals surface area contributed by atoms with Gasteiger partial charge >= 0.3 is 0 Å². The van der Waals surface area contributed by atoms with E-state index in [0.29, 0.717) is 40.7 Å². The van der Waals surface area contributed by atoms with Crippen molar-refractivity contribution < 1.29 is 28.9 Å². The number of rotatable bonds is 7. The van der Waals surface area contributed by atoms with Gasteiger partial charge in [0.1, 0.15) is 11.5 Å². The number of carbonyl (C=O) groups is 2. The molecule has 1 heterocycles. The lowest BCUT2D eigenvalue weighted by atomic mass is 9.94. The molecule has 1 atom stereocenters. The highest BCUT2D eigenvalue weighted by molar-refractivity contribution is 6.51. The molecule has 1 aliphatic rings. The minimum absolute atomic E-state index is 0.00121. The summed E-state index contributed by atoms with van der Waals surface area (Å²) >= 11 is 0. The van der Waals surface area contributed by atoms with E-state index in [2.05, 4.69) is 0 Å². The molecule has 0 saturated carbocycles. The number of anilines is 1. The lowest BCUT2D eigenvalue weighted by molar-refractivity contribution is -0.132. The second kappa shape index (κ2) is 10.2. The first kappa shape index (κ1) is 24.9. The molecular weight excluding hydrogens is 458 g/mol. The standard InChI is InChI=1S/C29H29NO6/c1-6-36-24-16-20(11-14-23(24)35-5)26-25(27(31)19-9-12-21(34-4)13-10-19)28(32)29(33)30(26)22-15-17(2)7-8-18(22)3/h7-16,26,31H,6H2,1-5H3/b27-25-. The molecule has 36 heavy (non-hydrogen) atoms. The molecule has 7 nitrogen and oxygen atoms in total. The molecule has 0 bridgehead atoms. The fraction of sp³-hybridized carbons (Fsp3) is 0.241. The van der Waals surface area contributed by atoms with Crippen LogP contribution in [-0.4, -0.2) is 37.6 Å². The van der Waals surface area contributed by atoms with Crippen LogP contribution in [0.5, 0.6) is 17.2 Å². The van der Waals surface area contributed by atoms with Crippen LogP contribution in [0.2, 0.25) is 0 Å². The number of aliphatic hydroxyl groups is 1. The Labute approximate surface area is 210 Å². The maximum Gasteiger partial charge on any atom is 0.300 e. The number of Topliss-reactive ketones (excluding diaryl/α,β-unsaturated/α-hetero) is 1. The average Bonchev–Trinajstić information content (AvgIpc) is 3.15. The van der Waals surface area contributed by atoms with Crippen LogP contribution in [0.15, 0.2) is 66.2 Å². The third-order valence-electron chi connectivity index (χ3n) is 6.24. The van der Waals surface area contributed by atoms with Crippen molar-refractivity contribution in [2.75, 3.05) is 25.7 Å². The normalized spacial score (nSPS) is 16.8. The Bertz CT molecular complexity index is 1340. The van der Waals surface area contributed by atoms with E-state index >= 15 is 0 Å². The number of benzene rings is 3. The van der Waals surface area contributed by atoms with Crippen LogP contribution >= 0.6 is 0 Å². The third-order valence-corrected chi connectivity index (χ3v) is 6.24. The van der Waals surface area contributed by atoms with Gasteiger partial charge in [-0.2, -0.15) is 0 Å². The number of hydrogen-bond donors (Lipinski definition) is 1. The zero-order valence-corrected chi connectivity index (χ0v) is 21.0. The van der Waals surface area contributed by atoms with Crippen LogP contribution in [0.4, 0.5) is 5.69 Å². The number of amides is 1. The molecule has 1 aliphatic heterocycles. The highest BCUT2D eigenvalue weighted by Gasteiger charge is 2.47. The fourth-order valence-electron chi connectivity index (χ4n) is 4.41. The molecule has 1 fully saturated rings. The van der Waals surface area contributed by atoms with Crippen LogP contribution in [-0.2, 0) is 9.59 Å². The molecule has 0 spiro atoms. The number of hydrogen-bond acceptors (Lipinski definition) is 6. The molecule has 1 saturated heterocycles. The summed E-state index contributed by atoms with van der Waals surface area (Å²) in [5.41, 5.74) is 3.38. The van der Waals surface area contributed by atoms with Crippen molar-refractivity contribution in [3.63, 3.8) is 0 Å². The topological polar surface area (TPSA) is 85.3 Å². The van der Waals surface area contributed by atoms with Crippen LogP contribution < -0.4 is 19.1 Å². The third kappa shape index (κ3) is 4.40. The first-order valence-corrected chi connectivity index (χ1v) is 11.6. The second-order valence-electron chi connectivity index (χ2n) is 8.53.